The maximum absolute atomic E-state index is 6.04. The largest absolute Gasteiger partial charge is 0.465 e. The van der Waals surface area contributed by atoms with Crippen molar-refractivity contribution in [3.63, 3.8) is 0 Å². The molecule has 1 aliphatic heterocycles. The smallest absolute Gasteiger partial charge is 0.121 e. The summed E-state index contributed by atoms with van der Waals surface area (Å²) in [6.45, 7) is 6.08. The van der Waals surface area contributed by atoms with Crippen LogP contribution in [0.5, 0.6) is 0 Å². The molecular formula is C16H25NO2. The van der Waals surface area contributed by atoms with Gasteiger partial charge in [0.1, 0.15) is 11.5 Å². The second-order valence-electron chi connectivity index (χ2n) is 6.12. The fourth-order valence-electron chi connectivity index (χ4n) is 3.61. The summed E-state index contributed by atoms with van der Waals surface area (Å²) in [4.78, 5) is 0. The maximum Gasteiger partial charge on any atom is 0.121 e. The average molecular weight is 263 g/mol. The van der Waals surface area contributed by atoms with Gasteiger partial charge in [0.2, 0.25) is 0 Å². The molecule has 1 saturated heterocycles. The third-order valence-corrected chi connectivity index (χ3v) is 4.76. The molecule has 3 nitrogen and oxygen atoms in total. The van der Waals surface area contributed by atoms with E-state index in [1.165, 1.54) is 25.7 Å². The molecule has 0 radical (unpaired) electrons. The summed E-state index contributed by atoms with van der Waals surface area (Å²) >= 11 is 0. The van der Waals surface area contributed by atoms with Gasteiger partial charge in [-0.3, -0.25) is 0 Å². The normalized spacial score (nSPS) is 27.2. The van der Waals surface area contributed by atoms with Gasteiger partial charge in [-0.25, -0.2) is 0 Å². The lowest BCUT2D eigenvalue weighted by molar-refractivity contribution is -0.148. The van der Waals surface area contributed by atoms with E-state index in [0.717, 1.165) is 31.1 Å². The summed E-state index contributed by atoms with van der Waals surface area (Å²) in [5.74, 6) is 2.74. The van der Waals surface area contributed by atoms with Crippen molar-refractivity contribution in [2.75, 3.05) is 13.2 Å². The zero-order valence-electron chi connectivity index (χ0n) is 12.1. The van der Waals surface area contributed by atoms with Gasteiger partial charge in [0.15, 0.2) is 0 Å². The van der Waals surface area contributed by atoms with Crippen LogP contribution in [-0.2, 0) is 4.74 Å². The molecule has 0 aromatic carbocycles. The number of nitrogens with one attached hydrogen (secondary N) is 1. The van der Waals surface area contributed by atoms with Gasteiger partial charge >= 0.3 is 0 Å². The van der Waals surface area contributed by atoms with Crippen LogP contribution >= 0.6 is 0 Å². The van der Waals surface area contributed by atoms with Gasteiger partial charge in [-0.15, -0.1) is 0 Å². The molecule has 2 heterocycles. The van der Waals surface area contributed by atoms with E-state index in [1.807, 2.05) is 6.92 Å². The summed E-state index contributed by atoms with van der Waals surface area (Å²) in [7, 11) is 0. The highest BCUT2D eigenvalue weighted by molar-refractivity contribution is 5.12. The van der Waals surface area contributed by atoms with Crippen molar-refractivity contribution in [3.8, 4) is 0 Å². The monoisotopic (exact) mass is 263 g/mol. The fourth-order valence-corrected chi connectivity index (χ4v) is 3.61. The van der Waals surface area contributed by atoms with Crippen molar-refractivity contribution in [3.05, 3.63) is 23.7 Å². The van der Waals surface area contributed by atoms with E-state index >= 15 is 0 Å². The highest BCUT2D eigenvalue weighted by Gasteiger charge is 2.44. The second-order valence-corrected chi connectivity index (χ2v) is 6.12. The molecule has 1 N–H and O–H groups in total. The van der Waals surface area contributed by atoms with Crippen LogP contribution in [0, 0.1) is 12.8 Å². The van der Waals surface area contributed by atoms with E-state index in [2.05, 4.69) is 24.4 Å². The minimum Gasteiger partial charge on any atom is -0.465 e. The number of hydrogen-bond donors (Lipinski definition) is 1. The predicted octanol–water partition coefficient (Wildman–Crippen LogP) is 3.59. The minimum absolute atomic E-state index is 0.207. The molecule has 1 aromatic rings. The van der Waals surface area contributed by atoms with Crippen molar-refractivity contribution >= 4 is 0 Å². The standard InChI is InChI=1S/C16H25NO2/c1-3-17-15(14-6-5-12(2)19-14)13-7-10-18-16(11-13)8-4-9-16/h5-6,13,15,17H,3-4,7-11H2,1-2H3. The Hall–Kier alpha value is -0.800. The Morgan fingerprint density at radius 1 is 1.42 bits per heavy atom. The molecular weight excluding hydrogens is 238 g/mol. The lowest BCUT2D eigenvalue weighted by Crippen LogP contribution is -2.48. The van der Waals surface area contributed by atoms with E-state index in [1.54, 1.807) is 0 Å². The predicted molar refractivity (Wildman–Crippen MR) is 75.1 cm³/mol. The van der Waals surface area contributed by atoms with Gasteiger partial charge in [-0.2, -0.15) is 0 Å². The summed E-state index contributed by atoms with van der Waals surface area (Å²) < 4.78 is 11.9. The van der Waals surface area contributed by atoms with Gasteiger partial charge in [0, 0.05) is 6.61 Å². The van der Waals surface area contributed by atoms with Crippen LogP contribution in [0.25, 0.3) is 0 Å². The van der Waals surface area contributed by atoms with Crippen LogP contribution in [0.1, 0.15) is 56.6 Å². The van der Waals surface area contributed by atoms with E-state index in [9.17, 15) is 0 Å². The first kappa shape index (κ1) is 13.2. The van der Waals surface area contributed by atoms with Crippen LogP contribution in [0.4, 0.5) is 0 Å². The quantitative estimate of drug-likeness (QED) is 0.901. The maximum atomic E-state index is 6.04. The first-order chi connectivity index (χ1) is 9.22. The highest BCUT2D eigenvalue weighted by atomic mass is 16.5. The van der Waals surface area contributed by atoms with Crippen molar-refractivity contribution < 1.29 is 9.15 Å². The first-order valence-corrected chi connectivity index (χ1v) is 7.66. The Kier molecular flexibility index (Phi) is 3.68. The third kappa shape index (κ3) is 2.59. The van der Waals surface area contributed by atoms with E-state index in [-0.39, 0.29) is 5.60 Å². The van der Waals surface area contributed by atoms with Crippen LogP contribution in [0.3, 0.4) is 0 Å². The Bertz CT molecular complexity index is 422. The SMILES string of the molecule is CCNC(c1ccc(C)o1)C1CCOC2(CCC2)C1. The molecule has 1 saturated carbocycles. The lowest BCUT2D eigenvalue weighted by Gasteiger charge is -2.48. The van der Waals surface area contributed by atoms with E-state index in [4.69, 9.17) is 9.15 Å². The summed E-state index contributed by atoms with van der Waals surface area (Å²) in [5.41, 5.74) is 0.207. The molecule has 2 aliphatic rings. The van der Waals surface area contributed by atoms with Crippen molar-refractivity contribution in [2.45, 2.75) is 57.6 Å². The molecule has 2 fully saturated rings. The van der Waals surface area contributed by atoms with Gasteiger partial charge in [0.05, 0.1) is 11.6 Å². The molecule has 0 bridgehead atoms. The molecule has 106 valence electrons. The number of hydrogen-bond acceptors (Lipinski definition) is 3. The van der Waals surface area contributed by atoms with E-state index < -0.39 is 0 Å². The fraction of sp³-hybridized carbons (Fsp3) is 0.750. The van der Waals surface area contributed by atoms with Crippen LogP contribution < -0.4 is 5.32 Å². The molecule has 3 heteroatoms. The molecule has 19 heavy (non-hydrogen) atoms. The number of rotatable bonds is 4. The summed E-state index contributed by atoms with van der Waals surface area (Å²) in [6.07, 6.45) is 6.15. The number of aryl methyl sites for hydroxylation is 1. The van der Waals surface area contributed by atoms with Crippen LogP contribution in [0.15, 0.2) is 16.5 Å². The number of ether oxygens (including phenoxy) is 1. The van der Waals surface area contributed by atoms with Crippen molar-refractivity contribution in [2.24, 2.45) is 5.92 Å². The van der Waals surface area contributed by atoms with Crippen molar-refractivity contribution in [1.82, 2.24) is 5.32 Å². The Labute approximate surface area is 115 Å². The van der Waals surface area contributed by atoms with Gasteiger partial charge in [0.25, 0.3) is 0 Å². The zero-order valence-corrected chi connectivity index (χ0v) is 12.1. The average Bonchev–Trinajstić information content (AvgIpc) is 2.80. The van der Waals surface area contributed by atoms with Crippen LogP contribution in [-0.4, -0.2) is 18.8 Å². The summed E-state index contributed by atoms with van der Waals surface area (Å²) in [6, 6.07) is 4.55. The molecule has 1 aromatic heterocycles. The second kappa shape index (κ2) is 5.29. The molecule has 0 amide bonds. The van der Waals surface area contributed by atoms with Gasteiger partial charge in [-0.05, 0) is 63.6 Å². The number of furan rings is 1. The third-order valence-electron chi connectivity index (χ3n) is 4.76. The molecule has 2 unspecified atom stereocenters. The zero-order chi connectivity index (χ0) is 13.3. The Morgan fingerprint density at radius 2 is 2.26 bits per heavy atom. The van der Waals surface area contributed by atoms with Crippen molar-refractivity contribution in [1.29, 1.82) is 0 Å². The van der Waals surface area contributed by atoms with Gasteiger partial charge < -0.3 is 14.5 Å². The van der Waals surface area contributed by atoms with Crippen LogP contribution in [0.2, 0.25) is 0 Å². The highest BCUT2D eigenvalue weighted by Crippen LogP contribution is 2.47. The molecule has 2 atom stereocenters. The molecule has 1 spiro atoms. The molecule has 1 aliphatic carbocycles. The Morgan fingerprint density at radius 3 is 2.84 bits per heavy atom. The van der Waals surface area contributed by atoms with E-state index in [0.29, 0.717) is 12.0 Å². The first-order valence-electron chi connectivity index (χ1n) is 7.66. The molecule has 3 rings (SSSR count). The topological polar surface area (TPSA) is 34.4 Å². The lowest BCUT2D eigenvalue weighted by atomic mass is 9.70. The summed E-state index contributed by atoms with van der Waals surface area (Å²) in [5, 5.41) is 3.62. The van der Waals surface area contributed by atoms with Gasteiger partial charge in [-0.1, -0.05) is 6.92 Å². The minimum atomic E-state index is 0.207. The Balaban J connectivity index is 1.75.